The van der Waals surface area contributed by atoms with Crippen LogP contribution in [0, 0.1) is 6.92 Å². The monoisotopic (exact) mass is 305 g/mol. The van der Waals surface area contributed by atoms with Gasteiger partial charge in [0, 0.05) is 20.8 Å². The van der Waals surface area contributed by atoms with Crippen molar-refractivity contribution in [2.75, 3.05) is 13.1 Å². The minimum atomic E-state index is -0.763. The Balaban J connectivity index is 2.63. The molecule has 0 amide bonds. The number of carboxylic acids is 1. The number of halogens is 1. The average Bonchev–Trinajstić information content (AvgIpc) is 2.45. The number of hydrogen-bond acceptors (Lipinski definition) is 3. The normalized spacial score (nSPS) is 11.0. The number of hydrogen-bond donors (Lipinski definition) is 1. The number of aryl methyl sites for hydroxylation is 1. The Hall–Kier alpha value is -0.390. The van der Waals surface area contributed by atoms with E-state index in [0.29, 0.717) is 0 Å². The molecule has 5 heteroatoms. The zero-order valence-corrected chi connectivity index (χ0v) is 11.9. The SMILES string of the molecule is CCCN(CC(=O)O)Cc1cc(Br)c(C)s1. The molecular formula is C11H16BrNO2S. The Bertz CT molecular complexity index is 345. The van der Waals surface area contributed by atoms with Crippen molar-refractivity contribution in [1.29, 1.82) is 0 Å². The highest BCUT2D eigenvalue weighted by Gasteiger charge is 2.11. The number of carboxylic acid groups (broad SMARTS) is 1. The molecule has 1 aromatic rings. The van der Waals surface area contributed by atoms with Gasteiger partial charge in [-0.25, -0.2) is 0 Å². The largest absolute Gasteiger partial charge is 0.480 e. The van der Waals surface area contributed by atoms with E-state index in [9.17, 15) is 4.79 Å². The first-order chi connectivity index (χ1) is 7.52. The van der Waals surface area contributed by atoms with Crippen LogP contribution in [-0.4, -0.2) is 29.1 Å². The molecule has 0 atom stereocenters. The maximum atomic E-state index is 10.7. The van der Waals surface area contributed by atoms with Gasteiger partial charge in [0.15, 0.2) is 0 Å². The van der Waals surface area contributed by atoms with Crippen LogP contribution in [0.5, 0.6) is 0 Å². The van der Waals surface area contributed by atoms with Gasteiger partial charge in [-0.05, 0) is 41.9 Å². The Morgan fingerprint density at radius 2 is 2.31 bits per heavy atom. The lowest BCUT2D eigenvalue weighted by Gasteiger charge is -2.18. The molecule has 90 valence electrons. The van der Waals surface area contributed by atoms with Gasteiger partial charge >= 0.3 is 5.97 Å². The Labute approximate surface area is 108 Å². The fourth-order valence-electron chi connectivity index (χ4n) is 1.54. The maximum Gasteiger partial charge on any atom is 0.317 e. The minimum absolute atomic E-state index is 0.113. The van der Waals surface area contributed by atoms with E-state index in [1.165, 1.54) is 9.75 Å². The van der Waals surface area contributed by atoms with Gasteiger partial charge in [0.05, 0.1) is 6.54 Å². The second-order valence-corrected chi connectivity index (χ2v) is 5.92. The second-order valence-electron chi connectivity index (χ2n) is 3.72. The molecule has 0 aliphatic rings. The summed E-state index contributed by atoms with van der Waals surface area (Å²) >= 11 is 5.19. The lowest BCUT2D eigenvalue weighted by atomic mass is 10.3. The average molecular weight is 306 g/mol. The molecule has 1 aromatic heterocycles. The van der Waals surface area contributed by atoms with E-state index in [1.807, 2.05) is 4.90 Å². The third-order valence-corrected chi connectivity index (χ3v) is 4.31. The van der Waals surface area contributed by atoms with Gasteiger partial charge in [0.1, 0.15) is 0 Å². The van der Waals surface area contributed by atoms with Crippen molar-refractivity contribution in [2.45, 2.75) is 26.8 Å². The summed E-state index contributed by atoms with van der Waals surface area (Å²) in [6, 6.07) is 2.07. The number of thiophene rings is 1. The smallest absolute Gasteiger partial charge is 0.317 e. The van der Waals surface area contributed by atoms with Crippen molar-refractivity contribution in [3.05, 3.63) is 20.3 Å². The molecule has 0 radical (unpaired) electrons. The molecule has 0 spiro atoms. The fraction of sp³-hybridized carbons (Fsp3) is 0.545. The molecule has 0 saturated heterocycles. The Morgan fingerprint density at radius 1 is 1.62 bits per heavy atom. The zero-order chi connectivity index (χ0) is 12.1. The number of rotatable bonds is 6. The van der Waals surface area contributed by atoms with Crippen LogP contribution in [0.4, 0.5) is 0 Å². The van der Waals surface area contributed by atoms with Gasteiger partial charge in [0.25, 0.3) is 0 Å². The summed E-state index contributed by atoms with van der Waals surface area (Å²) in [5, 5.41) is 8.80. The van der Waals surface area contributed by atoms with Gasteiger partial charge in [-0.15, -0.1) is 11.3 Å². The van der Waals surface area contributed by atoms with Crippen LogP contribution >= 0.6 is 27.3 Å². The molecule has 0 unspecified atom stereocenters. The third-order valence-electron chi connectivity index (χ3n) is 2.19. The molecule has 0 fully saturated rings. The summed E-state index contributed by atoms with van der Waals surface area (Å²) in [4.78, 5) is 15.1. The van der Waals surface area contributed by atoms with Crippen LogP contribution in [0.15, 0.2) is 10.5 Å². The molecule has 0 saturated carbocycles. The van der Waals surface area contributed by atoms with Crippen molar-refractivity contribution < 1.29 is 9.90 Å². The van der Waals surface area contributed by atoms with Crippen LogP contribution in [0.3, 0.4) is 0 Å². The first-order valence-electron chi connectivity index (χ1n) is 5.22. The number of nitrogens with zero attached hydrogens (tertiary/aromatic N) is 1. The molecule has 1 N–H and O–H groups in total. The maximum absolute atomic E-state index is 10.7. The van der Waals surface area contributed by atoms with Crippen LogP contribution in [0.1, 0.15) is 23.1 Å². The molecule has 1 rings (SSSR count). The Kier molecular flexibility index (Phi) is 5.44. The quantitative estimate of drug-likeness (QED) is 0.878. The molecule has 16 heavy (non-hydrogen) atoms. The highest BCUT2D eigenvalue weighted by Crippen LogP contribution is 2.27. The van der Waals surface area contributed by atoms with Crippen molar-refractivity contribution in [3.63, 3.8) is 0 Å². The molecule has 0 bridgehead atoms. The minimum Gasteiger partial charge on any atom is -0.480 e. The van der Waals surface area contributed by atoms with Gasteiger partial charge in [0.2, 0.25) is 0 Å². The van der Waals surface area contributed by atoms with Crippen LogP contribution in [-0.2, 0) is 11.3 Å². The first kappa shape index (κ1) is 13.7. The van der Waals surface area contributed by atoms with Crippen molar-refractivity contribution >= 4 is 33.2 Å². The molecular weight excluding hydrogens is 290 g/mol. The van der Waals surface area contributed by atoms with Gasteiger partial charge in [-0.3, -0.25) is 9.69 Å². The molecule has 0 aromatic carbocycles. The summed E-state index contributed by atoms with van der Waals surface area (Å²) in [5.74, 6) is -0.763. The number of carbonyl (C=O) groups is 1. The summed E-state index contributed by atoms with van der Waals surface area (Å²) in [5.41, 5.74) is 0. The standard InChI is InChI=1S/C11H16BrNO2S/c1-3-4-13(7-11(14)15)6-9-5-10(12)8(2)16-9/h5H,3-4,6-7H2,1-2H3,(H,14,15). The molecule has 1 heterocycles. The van der Waals surface area contributed by atoms with E-state index < -0.39 is 5.97 Å². The van der Waals surface area contributed by atoms with Crippen LogP contribution in [0.25, 0.3) is 0 Å². The molecule has 0 aliphatic carbocycles. The van der Waals surface area contributed by atoms with Gasteiger partial charge in [-0.1, -0.05) is 6.92 Å². The molecule has 3 nitrogen and oxygen atoms in total. The molecule has 0 aliphatic heterocycles. The lowest BCUT2D eigenvalue weighted by Crippen LogP contribution is -2.29. The zero-order valence-electron chi connectivity index (χ0n) is 9.49. The van der Waals surface area contributed by atoms with E-state index in [1.54, 1.807) is 11.3 Å². The highest BCUT2D eigenvalue weighted by atomic mass is 79.9. The van der Waals surface area contributed by atoms with Gasteiger partial charge < -0.3 is 5.11 Å². The Morgan fingerprint density at radius 3 is 2.75 bits per heavy atom. The predicted molar refractivity (Wildman–Crippen MR) is 70.0 cm³/mol. The summed E-state index contributed by atoms with van der Waals surface area (Å²) in [6.07, 6.45) is 0.971. The topological polar surface area (TPSA) is 40.5 Å². The summed E-state index contributed by atoms with van der Waals surface area (Å²) < 4.78 is 1.11. The summed E-state index contributed by atoms with van der Waals surface area (Å²) in [7, 11) is 0. The van der Waals surface area contributed by atoms with E-state index in [-0.39, 0.29) is 6.54 Å². The van der Waals surface area contributed by atoms with E-state index in [2.05, 4.69) is 35.8 Å². The predicted octanol–water partition coefficient (Wildman–Crippen LogP) is 3.12. The highest BCUT2D eigenvalue weighted by molar-refractivity contribution is 9.10. The second kappa shape index (κ2) is 6.37. The summed E-state index contributed by atoms with van der Waals surface area (Å²) in [6.45, 7) is 5.77. The fourth-order valence-corrected chi connectivity index (χ4v) is 3.18. The van der Waals surface area contributed by atoms with Crippen LogP contribution < -0.4 is 0 Å². The van der Waals surface area contributed by atoms with Crippen molar-refractivity contribution in [3.8, 4) is 0 Å². The van der Waals surface area contributed by atoms with Crippen molar-refractivity contribution in [2.24, 2.45) is 0 Å². The first-order valence-corrected chi connectivity index (χ1v) is 6.82. The number of aliphatic carboxylic acids is 1. The van der Waals surface area contributed by atoms with Gasteiger partial charge in [-0.2, -0.15) is 0 Å². The van der Waals surface area contributed by atoms with E-state index in [0.717, 1.165) is 24.0 Å². The van der Waals surface area contributed by atoms with Crippen molar-refractivity contribution in [1.82, 2.24) is 4.90 Å². The van der Waals surface area contributed by atoms with E-state index >= 15 is 0 Å². The van der Waals surface area contributed by atoms with Crippen LogP contribution in [0.2, 0.25) is 0 Å². The van der Waals surface area contributed by atoms with E-state index in [4.69, 9.17) is 5.11 Å². The lowest BCUT2D eigenvalue weighted by molar-refractivity contribution is -0.138. The third kappa shape index (κ3) is 4.23.